The van der Waals surface area contributed by atoms with Crippen molar-refractivity contribution in [3.05, 3.63) is 0 Å². The van der Waals surface area contributed by atoms with Gasteiger partial charge in [-0.25, -0.2) is 9.18 Å². The first-order valence-electron chi connectivity index (χ1n) is 4.25. The Morgan fingerprint density at radius 3 is 2.00 bits per heavy atom. The monoisotopic (exact) mass is 214 g/mol. The third kappa shape index (κ3) is 2.16. The summed E-state index contributed by atoms with van der Waals surface area (Å²) < 4.78 is 49.7. The van der Waals surface area contributed by atoms with Gasteiger partial charge >= 0.3 is 12.1 Å². The van der Waals surface area contributed by atoms with E-state index in [1.807, 2.05) is 0 Å². The molecule has 0 bridgehead atoms. The SMILES string of the molecule is O=C(O)C1(F)CCC(C(F)(F)F)CC1. The van der Waals surface area contributed by atoms with E-state index in [9.17, 15) is 22.4 Å². The van der Waals surface area contributed by atoms with Crippen molar-refractivity contribution >= 4 is 5.97 Å². The summed E-state index contributed by atoms with van der Waals surface area (Å²) in [4.78, 5) is 10.4. The molecule has 0 aromatic carbocycles. The maximum Gasteiger partial charge on any atom is 0.391 e. The molecule has 0 atom stereocenters. The van der Waals surface area contributed by atoms with E-state index in [0.29, 0.717) is 0 Å². The third-order valence-electron chi connectivity index (χ3n) is 2.62. The fraction of sp³-hybridized carbons (Fsp3) is 0.875. The van der Waals surface area contributed by atoms with Gasteiger partial charge < -0.3 is 5.11 Å². The topological polar surface area (TPSA) is 37.3 Å². The predicted molar refractivity (Wildman–Crippen MR) is 39.5 cm³/mol. The van der Waals surface area contributed by atoms with E-state index in [1.54, 1.807) is 0 Å². The van der Waals surface area contributed by atoms with Gasteiger partial charge in [0.05, 0.1) is 5.92 Å². The van der Waals surface area contributed by atoms with Gasteiger partial charge in [0, 0.05) is 0 Å². The van der Waals surface area contributed by atoms with Crippen molar-refractivity contribution in [3.8, 4) is 0 Å². The van der Waals surface area contributed by atoms with E-state index in [1.165, 1.54) is 0 Å². The second-order valence-electron chi connectivity index (χ2n) is 3.59. The van der Waals surface area contributed by atoms with Crippen LogP contribution in [-0.4, -0.2) is 22.9 Å². The van der Waals surface area contributed by atoms with Crippen LogP contribution in [0, 0.1) is 5.92 Å². The summed E-state index contributed by atoms with van der Waals surface area (Å²) in [6, 6.07) is 0. The number of alkyl halides is 4. The van der Waals surface area contributed by atoms with E-state index in [4.69, 9.17) is 5.11 Å². The molecule has 1 N–H and O–H groups in total. The van der Waals surface area contributed by atoms with Gasteiger partial charge in [-0.1, -0.05) is 0 Å². The van der Waals surface area contributed by atoms with Gasteiger partial charge in [0.15, 0.2) is 0 Å². The van der Waals surface area contributed by atoms with Crippen LogP contribution in [0.15, 0.2) is 0 Å². The van der Waals surface area contributed by atoms with Gasteiger partial charge in [-0.15, -0.1) is 0 Å². The van der Waals surface area contributed by atoms with Crippen LogP contribution in [0.3, 0.4) is 0 Å². The first kappa shape index (κ1) is 11.3. The molecular formula is C8H10F4O2. The van der Waals surface area contributed by atoms with E-state index in [0.717, 1.165) is 0 Å². The Morgan fingerprint density at radius 1 is 1.29 bits per heavy atom. The van der Waals surface area contributed by atoms with Gasteiger partial charge in [-0.05, 0) is 25.7 Å². The maximum absolute atomic E-state index is 13.3. The number of halogens is 4. The number of rotatable bonds is 1. The van der Waals surface area contributed by atoms with Crippen LogP contribution in [0.2, 0.25) is 0 Å². The Labute approximate surface area is 77.9 Å². The van der Waals surface area contributed by atoms with Crippen LogP contribution in [-0.2, 0) is 4.79 Å². The molecule has 1 aliphatic rings. The average Bonchev–Trinajstić information content (AvgIpc) is 2.03. The minimum atomic E-state index is -4.33. The minimum Gasteiger partial charge on any atom is -0.479 e. The molecule has 82 valence electrons. The molecule has 0 amide bonds. The second kappa shape index (κ2) is 3.40. The summed E-state index contributed by atoms with van der Waals surface area (Å²) in [5.74, 6) is -3.20. The van der Waals surface area contributed by atoms with E-state index in [2.05, 4.69) is 0 Å². The summed E-state index contributed by atoms with van der Waals surface area (Å²) in [7, 11) is 0. The van der Waals surface area contributed by atoms with Crippen molar-refractivity contribution in [1.82, 2.24) is 0 Å². The highest BCUT2D eigenvalue weighted by molar-refractivity contribution is 5.77. The van der Waals surface area contributed by atoms with Crippen LogP contribution in [0.5, 0.6) is 0 Å². The zero-order valence-electron chi connectivity index (χ0n) is 7.27. The van der Waals surface area contributed by atoms with Crippen LogP contribution < -0.4 is 0 Å². The lowest BCUT2D eigenvalue weighted by Gasteiger charge is -2.31. The molecule has 1 aliphatic carbocycles. The molecule has 0 saturated heterocycles. The quantitative estimate of drug-likeness (QED) is 0.681. The fourth-order valence-electron chi connectivity index (χ4n) is 1.62. The Hall–Kier alpha value is -0.810. The van der Waals surface area contributed by atoms with E-state index < -0.39 is 49.4 Å². The summed E-state index contributed by atoms with van der Waals surface area (Å²) in [5, 5.41) is 8.43. The van der Waals surface area contributed by atoms with Crippen LogP contribution in [0.4, 0.5) is 17.6 Å². The molecule has 14 heavy (non-hydrogen) atoms. The van der Waals surface area contributed by atoms with Gasteiger partial charge in [0.25, 0.3) is 0 Å². The zero-order valence-corrected chi connectivity index (χ0v) is 7.27. The largest absolute Gasteiger partial charge is 0.479 e. The van der Waals surface area contributed by atoms with Crippen molar-refractivity contribution in [2.45, 2.75) is 37.5 Å². The molecule has 0 aromatic rings. The maximum atomic E-state index is 13.3. The highest BCUT2D eigenvalue weighted by Crippen LogP contribution is 2.42. The number of hydrogen-bond donors (Lipinski definition) is 1. The van der Waals surface area contributed by atoms with Gasteiger partial charge in [-0.2, -0.15) is 13.2 Å². The molecule has 6 heteroatoms. The standard InChI is InChI=1S/C8H10F4O2/c9-7(6(13)14)3-1-5(2-4-7)8(10,11)12/h5H,1-4H2,(H,13,14). The van der Waals surface area contributed by atoms with Crippen molar-refractivity contribution in [2.24, 2.45) is 5.92 Å². The molecule has 1 fully saturated rings. The number of carboxylic acids is 1. The molecule has 0 spiro atoms. The average molecular weight is 214 g/mol. The Balaban J connectivity index is 2.59. The second-order valence-corrected chi connectivity index (χ2v) is 3.59. The van der Waals surface area contributed by atoms with Crippen molar-refractivity contribution in [1.29, 1.82) is 0 Å². The Kier molecular flexibility index (Phi) is 2.74. The van der Waals surface area contributed by atoms with Gasteiger partial charge in [-0.3, -0.25) is 0 Å². The summed E-state index contributed by atoms with van der Waals surface area (Å²) in [6.07, 6.45) is -6.31. The van der Waals surface area contributed by atoms with E-state index >= 15 is 0 Å². The molecule has 0 aromatic heterocycles. The van der Waals surface area contributed by atoms with E-state index in [-0.39, 0.29) is 0 Å². The lowest BCUT2D eigenvalue weighted by molar-refractivity contribution is -0.192. The number of hydrogen-bond acceptors (Lipinski definition) is 1. The Bertz CT molecular complexity index is 228. The predicted octanol–water partition coefficient (Wildman–Crippen LogP) is 2.53. The van der Waals surface area contributed by atoms with Gasteiger partial charge in [0.1, 0.15) is 0 Å². The third-order valence-corrected chi connectivity index (χ3v) is 2.62. The summed E-state index contributed by atoms with van der Waals surface area (Å²) >= 11 is 0. The number of aliphatic carboxylic acids is 1. The molecule has 0 unspecified atom stereocenters. The fourth-order valence-corrected chi connectivity index (χ4v) is 1.62. The molecule has 1 saturated carbocycles. The molecule has 0 heterocycles. The first-order valence-corrected chi connectivity index (χ1v) is 4.25. The molecular weight excluding hydrogens is 204 g/mol. The van der Waals surface area contributed by atoms with Crippen molar-refractivity contribution in [3.63, 3.8) is 0 Å². The molecule has 0 aliphatic heterocycles. The lowest BCUT2D eigenvalue weighted by atomic mass is 9.80. The van der Waals surface area contributed by atoms with Crippen molar-refractivity contribution in [2.75, 3.05) is 0 Å². The first-order chi connectivity index (χ1) is 6.26. The van der Waals surface area contributed by atoms with Crippen LogP contribution in [0.25, 0.3) is 0 Å². The van der Waals surface area contributed by atoms with Gasteiger partial charge in [0.2, 0.25) is 5.67 Å². The van der Waals surface area contributed by atoms with Crippen molar-refractivity contribution < 1.29 is 27.5 Å². The smallest absolute Gasteiger partial charge is 0.391 e. The molecule has 0 radical (unpaired) electrons. The number of carbonyl (C=O) groups is 1. The molecule has 2 nitrogen and oxygen atoms in total. The van der Waals surface area contributed by atoms with Crippen LogP contribution in [0.1, 0.15) is 25.7 Å². The highest BCUT2D eigenvalue weighted by atomic mass is 19.4. The minimum absolute atomic E-state index is 0.438. The highest BCUT2D eigenvalue weighted by Gasteiger charge is 2.49. The number of carboxylic acid groups (broad SMARTS) is 1. The Morgan fingerprint density at radius 2 is 1.71 bits per heavy atom. The molecule has 1 rings (SSSR count). The zero-order chi connectivity index (χ0) is 11.0. The summed E-state index contributed by atoms with van der Waals surface area (Å²) in [6.45, 7) is 0. The lowest BCUT2D eigenvalue weighted by Crippen LogP contribution is -2.40. The normalized spacial score (nSPS) is 34.1. The summed E-state index contributed by atoms with van der Waals surface area (Å²) in [5.41, 5.74) is -2.46. The van der Waals surface area contributed by atoms with Crippen LogP contribution >= 0.6 is 0 Å².